The first-order valence-corrected chi connectivity index (χ1v) is 7.91. The van der Waals surface area contributed by atoms with Gasteiger partial charge in [-0.3, -0.25) is 9.59 Å². The molecule has 2 aromatic carbocycles. The minimum absolute atomic E-state index is 0.190. The third-order valence-corrected chi connectivity index (χ3v) is 4.34. The minimum Gasteiger partial charge on any atom is -0.352 e. The van der Waals surface area contributed by atoms with Gasteiger partial charge in [0.2, 0.25) is 5.91 Å². The maximum Gasteiger partial charge on any atom is 0.254 e. The molecule has 1 aromatic heterocycles. The first kappa shape index (κ1) is 15.3. The van der Waals surface area contributed by atoms with Crippen molar-refractivity contribution in [3.63, 3.8) is 0 Å². The van der Waals surface area contributed by atoms with Gasteiger partial charge >= 0.3 is 0 Å². The van der Waals surface area contributed by atoms with Crippen molar-refractivity contribution < 1.29 is 14.0 Å². The summed E-state index contributed by atoms with van der Waals surface area (Å²) in [5.74, 6) is -1.21. The SMILES string of the molecule is O=C1NCCN(C(=O)c2ccc3nc[nH]c3c2)C1c1ccccc1F. The van der Waals surface area contributed by atoms with Crippen LogP contribution in [0, 0.1) is 5.82 Å². The summed E-state index contributed by atoms with van der Waals surface area (Å²) in [6.45, 7) is 0.645. The highest BCUT2D eigenvalue weighted by atomic mass is 19.1. The van der Waals surface area contributed by atoms with E-state index in [0.29, 0.717) is 18.7 Å². The van der Waals surface area contributed by atoms with E-state index in [1.54, 1.807) is 36.7 Å². The molecule has 2 amide bonds. The van der Waals surface area contributed by atoms with Gasteiger partial charge in [0.15, 0.2) is 0 Å². The molecule has 1 aliphatic heterocycles. The summed E-state index contributed by atoms with van der Waals surface area (Å²) < 4.78 is 14.2. The van der Waals surface area contributed by atoms with Gasteiger partial charge in [-0.15, -0.1) is 0 Å². The average Bonchev–Trinajstić information content (AvgIpc) is 3.09. The molecule has 0 saturated carbocycles. The number of hydrogen-bond acceptors (Lipinski definition) is 3. The van der Waals surface area contributed by atoms with Gasteiger partial charge in [-0.25, -0.2) is 9.37 Å². The van der Waals surface area contributed by atoms with Crippen molar-refractivity contribution in [3.8, 4) is 0 Å². The molecule has 6 nitrogen and oxygen atoms in total. The van der Waals surface area contributed by atoms with Crippen LogP contribution in [-0.2, 0) is 4.79 Å². The molecule has 1 fully saturated rings. The molecule has 0 radical (unpaired) electrons. The Labute approximate surface area is 142 Å². The summed E-state index contributed by atoms with van der Waals surface area (Å²) in [6.07, 6.45) is 1.55. The van der Waals surface area contributed by atoms with Crippen LogP contribution in [0.1, 0.15) is 22.0 Å². The molecule has 1 saturated heterocycles. The second-order valence-electron chi connectivity index (χ2n) is 5.85. The minimum atomic E-state index is -0.986. The number of piperazine rings is 1. The lowest BCUT2D eigenvalue weighted by Crippen LogP contribution is -2.52. The summed E-state index contributed by atoms with van der Waals surface area (Å²) in [7, 11) is 0. The fourth-order valence-corrected chi connectivity index (χ4v) is 3.13. The Morgan fingerprint density at radius 1 is 1.24 bits per heavy atom. The predicted molar refractivity (Wildman–Crippen MR) is 89.3 cm³/mol. The van der Waals surface area contributed by atoms with Gasteiger partial charge in [0.25, 0.3) is 5.91 Å². The molecular weight excluding hydrogens is 323 g/mol. The number of aromatic amines is 1. The number of halogens is 1. The van der Waals surface area contributed by atoms with Gasteiger partial charge in [-0.1, -0.05) is 18.2 Å². The summed E-state index contributed by atoms with van der Waals surface area (Å²) >= 11 is 0. The van der Waals surface area contributed by atoms with Crippen LogP contribution in [0.3, 0.4) is 0 Å². The average molecular weight is 338 g/mol. The standard InChI is InChI=1S/C18H15FN4O2/c19-13-4-2-1-3-12(13)16-17(24)20-7-8-23(16)18(25)11-5-6-14-15(9-11)22-10-21-14/h1-6,9-10,16H,7-8H2,(H,20,24)(H,21,22). The maximum absolute atomic E-state index is 14.2. The Morgan fingerprint density at radius 3 is 2.92 bits per heavy atom. The molecule has 1 unspecified atom stereocenters. The van der Waals surface area contributed by atoms with E-state index in [2.05, 4.69) is 15.3 Å². The van der Waals surface area contributed by atoms with Crippen LogP contribution < -0.4 is 5.32 Å². The Balaban J connectivity index is 1.74. The molecule has 2 heterocycles. The van der Waals surface area contributed by atoms with Crippen molar-refractivity contribution in [2.75, 3.05) is 13.1 Å². The zero-order valence-corrected chi connectivity index (χ0v) is 13.2. The lowest BCUT2D eigenvalue weighted by Gasteiger charge is -2.35. The van der Waals surface area contributed by atoms with E-state index < -0.39 is 11.9 Å². The number of nitrogens with one attached hydrogen (secondary N) is 2. The number of rotatable bonds is 2. The van der Waals surface area contributed by atoms with E-state index >= 15 is 0 Å². The van der Waals surface area contributed by atoms with Crippen LogP contribution in [0.5, 0.6) is 0 Å². The van der Waals surface area contributed by atoms with Crippen LogP contribution in [-0.4, -0.2) is 39.8 Å². The van der Waals surface area contributed by atoms with Crippen LogP contribution >= 0.6 is 0 Å². The number of H-pyrrole nitrogens is 1. The van der Waals surface area contributed by atoms with Gasteiger partial charge in [0.1, 0.15) is 11.9 Å². The van der Waals surface area contributed by atoms with Crippen LogP contribution in [0.15, 0.2) is 48.8 Å². The third kappa shape index (κ3) is 2.63. The topological polar surface area (TPSA) is 78.1 Å². The van der Waals surface area contributed by atoms with E-state index in [9.17, 15) is 14.0 Å². The van der Waals surface area contributed by atoms with Gasteiger partial charge in [-0.2, -0.15) is 0 Å². The first-order chi connectivity index (χ1) is 12.1. The van der Waals surface area contributed by atoms with Gasteiger partial charge in [0.05, 0.1) is 17.4 Å². The smallest absolute Gasteiger partial charge is 0.254 e. The lowest BCUT2D eigenvalue weighted by molar-refractivity contribution is -0.128. The highest BCUT2D eigenvalue weighted by Gasteiger charge is 2.36. The fraction of sp³-hybridized carbons (Fsp3) is 0.167. The fourth-order valence-electron chi connectivity index (χ4n) is 3.13. The maximum atomic E-state index is 14.2. The molecule has 0 aliphatic carbocycles. The van der Waals surface area contributed by atoms with Gasteiger partial charge in [0, 0.05) is 24.2 Å². The van der Waals surface area contributed by atoms with Crippen LogP contribution in [0.4, 0.5) is 4.39 Å². The Morgan fingerprint density at radius 2 is 2.08 bits per heavy atom. The molecule has 2 N–H and O–H groups in total. The lowest BCUT2D eigenvalue weighted by atomic mass is 10.0. The number of hydrogen-bond donors (Lipinski definition) is 2. The molecule has 1 aliphatic rings. The number of carbonyl (C=O) groups excluding carboxylic acids is 2. The Hall–Kier alpha value is -3.22. The number of aromatic nitrogens is 2. The van der Waals surface area contributed by atoms with Crippen LogP contribution in [0.25, 0.3) is 11.0 Å². The quantitative estimate of drug-likeness (QED) is 0.750. The number of nitrogens with zero attached hydrogens (tertiary/aromatic N) is 2. The molecule has 4 rings (SSSR count). The Kier molecular flexibility index (Phi) is 3.68. The highest BCUT2D eigenvalue weighted by Crippen LogP contribution is 2.27. The first-order valence-electron chi connectivity index (χ1n) is 7.91. The number of amides is 2. The van der Waals surface area contributed by atoms with E-state index in [0.717, 1.165) is 11.0 Å². The molecule has 25 heavy (non-hydrogen) atoms. The zero-order chi connectivity index (χ0) is 17.4. The summed E-state index contributed by atoms with van der Waals surface area (Å²) in [5.41, 5.74) is 2.09. The van der Waals surface area contributed by atoms with Crippen molar-refractivity contribution >= 4 is 22.8 Å². The zero-order valence-electron chi connectivity index (χ0n) is 13.2. The monoisotopic (exact) mass is 338 g/mol. The van der Waals surface area contributed by atoms with E-state index in [1.165, 1.54) is 17.0 Å². The van der Waals surface area contributed by atoms with Crippen LogP contribution in [0.2, 0.25) is 0 Å². The molecule has 0 bridgehead atoms. The van der Waals surface area contributed by atoms with Gasteiger partial charge < -0.3 is 15.2 Å². The van der Waals surface area contributed by atoms with E-state index in [4.69, 9.17) is 0 Å². The number of benzene rings is 2. The van der Waals surface area contributed by atoms with Crippen molar-refractivity contribution in [2.24, 2.45) is 0 Å². The van der Waals surface area contributed by atoms with Crippen molar-refractivity contribution in [3.05, 3.63) is 65.7 Å². The second kappa shape index (κ2) is 6.01. The number of imidazole rings is 1. The van der Waals surface area contributed by atoms with E-state index in [1.807, 2.05) is 0 Å². The second-order valence-corrected chi connectivity index (χ2v) is 5.85. The largest absolute Gasteiger partial charge is 0.352 e. The predicted octanol–water partition coefficient (Wildman–Crippen LogP) is 2.02. The van der Waals surface area contributed by atoms with Gasteiger partial charge in [-0.05, 0) is 24.3 Å². The molecule has 7 heteroatoms. The summed E-state index contributed by atoms with van der Waals surface area (Å²) in [4.78, 5) is 33.9. The molecule has 0 spiro atoms. The third-order valence-electron chi connectivity index (χ3n) is 4.34. The van der Waals surface area contributed by atoms with Crippen molar-refractivity contribution in [2.45, 2.75) is 6.04 Å². The molecular formula is C18H15FN4O2. The van der Waals surface area contributed by atoms with Crippen molar-refractivity contribution in [1.29, 1.82) is 0 Å². The summed E-state index contributed by atoms with van der Waals surface area (Å²) in [6, 6.07) is 10.1. The number of fused-ring (bicyclic) bond motifs is 1. The molecule has 3 aromatic rings. The van der Waals surface area contributed by atoms with E-state index in [-0.39, 0.29) is 17.4 Å². The Bertz CT molecular complexity index is 968. The highest BCUT2D eigenvalue weighted by molar-refractivity contribution is 6.00. The molecule has 1 atom stereocenters. The summed E-state index contributed by atoms with van der Waals surface area (Å²) in [5, 5.41) is 2.70. The van der Waals surface area contributed by atoms with Crippen molar-refractivity contribution in [1.82, 2.24) is 20.2 Å². The molecule has 126 valence electrons. The number of carbonyl (C=O) groups is 2. The normalized spacial score (nSPS) is 17.6.